The first-order chi connectivity index (χ1) is 8.88. The van der Waals surface area contributed by atoms with Crippen LogP contribution >= 0.6 is 0 Å². The molecule has 7 nitrogen and oxygen atoms in total. The summed E-state index contributed by atoms with van der Waals surface area (Å²) in [4.78, 5) is 33.0. The van der Waals surface area contributed by atoms with Gasteiger partial charge in [0, 0.05) is 17.3 Å². The number of nitrogens with one attached hydrogen (secondary N) is 2. The molecule has 1 unspecified atom stereocenters. The van der Waals surface area contributed by atoms with E-state index in [1.54, 1.807) is 25.1 Å². The topological polar surface area (TPSA) is 122 Å². The second-order valence-corrected chi connectivity index (χ2v) is 4.04. The zero-order valence-electron chi connectivity index (χ0n) is 10.3. The SMILES string of the molecule is CC(CC(=O)O)NC(=O)c1cccc(NC(N)=O)c1. The number of carbonyl (C=O) groups excluding carboxylic acids is 2. The second kappa shape index (κ2) is 6.39. The van der Waals surface area contributed by atoms with Gasteiger partial charge >= 0.3 is 12.0 Å². The maximum absolute atomic E-state index is 11.8. The van der Waals surface area contributed by atoms with E-state index in [-0.39, 0.29) is 6.42 Å². The fourth-order valence-corrected chi connectivity index (χ4v) is 1.50. The van der Waals surface area contributed by atoms with E-state index in [4.69, 9.17) is 10.8 Å². The molecule has 1 atom stereocenters. The molecule has 7 heteroatoms. The quantitative estimate of drug-likeness (QED) is 0.628. The number of aliphatic carboxylic acids is 1. The smallest absolute Gasteiger partial charge is 0.316 e. The minimum Gasteiger partial charge on any atom is -0.481 e. The number of hydrogen-bond donors (Lipinski definition) is 4. The molecule has 102 valence electrons. The molecule has 0 aromatic heterocycles. The molecule has 5 N–H and O–H groups in total. The van der Waals surface area contributed by atoms with Crippen LogP contribution in [0.5, 0.6) is 0 Å². The van der Waals surface area contributed by atoms with Gasteiger partial charge in [-0.1, -0.05) is 6.07 Å². The minimum atomic E-state index is -0.989. The van der Waals surface area contributed by atoms with Gasteiger partial charge in [0.05, 0.1) is 6.42 Å². The summed E-state index contributed by atoms with van der Waals surface area (Å²) in [5.41, 5.74) is 5.67. The number of anilines is 1. The highest BCUT2D eigenvalue weighted by atomic mass is 16.4. The van der Waals surface area contributed by atoms with Gasteiger partial charge in [0.2, 0.25) is 0 Å². The lowest BCUT2D eigenvalue weighted by molar-refractivity contribution is -0.137. The highest BCUT2D eigenvalue weighted by Crippen LogP contribution is 2.10. The number of benzene rings is 1. The summed E-state index contributed by atoms with van der Waals surface area (Å²) >= 11 is 0. The van der Waals surface area contributed by atoms with Gasteiger partial charge in [-0.05, 0) is 25.1 Å². The van der Waals surface area contributed by atoms with Crippen molar-refractivity contribution in [2.75, 3.05) is 5.32 Å². The van der Waals surface area contributed by atoms with E-state index in [1.165, 1.54) is 6.07 Å². The molecule has 0 bridgehead atoms. The molecule has 0 saturated carbocycles. The molecule has 1 rings (SSSR count). The van der Waals surface area contributed by atoms with Gasteiger partial charge in [-0.15, -0.1) is 0 Å². The molecule has 1 aromatic rings. The third-order valence-electron chi connectivity index (χ3n) is 2.25. The maximum atomic E-state index is 11.8. The summed E-state index contributed by atoms with van der Waals surface area (Å²) in [7, 11) is 0. The number of primary amides is 1. The Morgan fingerprint density at radius 2 is 2.05 bits per heavy atom. The van der Waals surface area contributed by atoms with Crippen LogP contribution in [0, 0.1) is 0 Å². The molecular formula is C12H15N3O4. The summed E-state index contributed by atoms with van der Waals surface area (Å²) in [6.45, 7) is 1.59. The van der Waals surface area contributed by atoms with E-state index in [0.29, 0.717) is 11.3 Å². The summed E-state index contributed by atoms with van der Waals surface area (Å²) in [6, 6.07) is 4.96. The Hall–Kier alpha value is -2.57. The lowest BCUT2D eigenvalue weighted by Crippen LogP contribution is -2.34. The third kappa shape index (κ3) is 5.07. The van der Waals surface area contributed by atoms with Gasteiger partial charge in [-0.25, -0.2) is 4.79 Å². The number of amides is 3. The molecule has 0 fully saturated rings. The van der Waals surface area contributed by atoms with Crippen LogP contribution in [0.1, 0.15) is 23.7 Å². The molecule has 0 radical (unpaired) electrons. The van der Waals surface area contributed by atoms with Crippen molar-refractivity contribution in [1.82, 2.24) is 5.32 Å². The molecule has 3 amide bonds. The molecule has 0 aliphatic rings. The van der Waals surface area contributed by atoms with Crippen molar-refractivity contribution in [2.24, 2.45) is 5.73 Å². The standard InChI is InChI=1S/C12H15N3O4/c1-7(5-10(16)17)14-11(18)8-3-2-4-9(6-8)15-12(13)19/h2-4,6-7H,5H2,1H3,(H,14,18)(H,16,17)(H3,13,15,19). The summed E-state index contributed by atoms with van der Waals surface area (Å²) in [5, 5.41) is 13.5. The number of nitrogens with two attached hydrogens (primary N) is 1. The van der Waals surface area contributed by atoms with Crippen molar-refractivity contribution < 1.29 is 19.5 Å². The molecule has 0 spiro atoms. The Labute approximate surface area is 109 Å². The molecule has 1 aromatic carbocycles. The molecule has 0 saturated heterocycles. The van der Waals surface area contributed by atoms with Crippen molar-refractivity contribution in [1.29, 1.82) is 0 Å². The van der Waals surface area contributed by atoms with E-state index < -0.39 is 23.9 Å². The average molecular weight is 265 g/mol. The highest BCUT2D eigenvalue weighted by molar-refractivity contribution is 5.96. The Morgan fingerprint density at radius 1 is 1.37 bits per heavy atom. The first-order valence-electron chi connectivity index (χ1n) is 5.57. The fraction of sp³-hybridized carbons (Fsp3) is 0.250. The van der Waals surface area contributed by atoms with Crippen LogP contribution in [-0.2, 0) is 4.79 Å². The molecule has 19 heavy (non-hydrogen) atoms. The van der Waals surface area contributed by atoms with Crippen LogP contribution in [-0.4, -0.2) is 29.1 Å². The van der Waals surface area contributed by atoms with Crippen LogP contribution in [0.25, 0.3) is 0 Å². The Bertz CT molecular complexity index is 502. The van der Waals surface area contributed by atoms with Crippen LogP contribution < -0.4 is 16.4 Å². The zero-order valence-corrected chi connectivity index (χ0v) is 10.3. The number of urea groups is 1. The monoisotopic (exact) mass is 265 g/mol. The first kappa shape index (κ1) is 14.5. The summed E-state index contributed by atoms with van der Waals surface area (Å²) in [6.07, 6.45) is -0.162. The van der Waals surface area contributed by atoms with Gasteiger partial charge < -0.3 is 21.5 Å². The van der Waals surface area contributed by atoms with E-state index in [2.05, 4.69) is 10.6 Å². The molecule has 0 aliphatic heterocycles. The van der Waals surface area contributed by atoms with Gasteiger partial charge in [-0.3, -0.25) is 9.59 Å². The van der Waals surface area contributed by atoms with Crippen molar-refractivity contribution in [3.63, 3.8) is 0 Å². The van der Waals surface area contributed by atoms with Crippen LogP contribution in [0.2, 0.25) is 0 Å². The van der Waals surface area contributed by atoms with Gasteiger partial charge in [0.15, 0.2) is 0 Å². The number of rotatable bonds is 5. The van der Waals surface area contributed by atoms with Crippen LogP contribution in [0.15, 0.2) is 24.3 Å². The molecule has 0 aliphatic carbocycles. The van der Waals surface area contributed by atoms with E-state index >= 15 is 0 Å². The van der Waals surface area contributed by atoms with Crippen LogP contribution in [0.4, 0.5) is 10.5 Å². The number of hydrogen-bond acceptors (Lipinski definition) is 3. The van der Waals surface area contributed by atoms with E-state index in [9.17, 15) is 14.4 Å². The average Bonchev–Trinajstić information content (AvgIpc) is 2.27. The Kier molecular flexibility index (Phi) is 4.87. The van der Waals surface area contributed by atoms with Gasteiger partial charge in [-0.2, -0.15) is 0 Å². The van der Waals surface area contributed by atoms with E-state index in [1.807, 2.05) is 0 Å². The Balaban J connectivity index is 2.71. The lowest BCUT2D eigenvalue weighted by Gasteiger charge is -2.12. The Morgan fingerprint density at radius 3 is 2.63 bits per heavy atom. The minimum absolute atomic E-state index is 0.162. The van der Waals surface area contributed by atoms with Crippen molar-refractivity contribution in [2.45, 2.75) is 19.4 Å². The fourth-order valence-electron chi connectivity index (χ4n) is 1.50. The second-order valence-electron chi connectivity index (χ2n) is 4.04. The van der Waals surface area contributed by atoms with Crippen molar-refractivity contribution in [3.8, 4) is 0 Å². The van der Waals surface area contributed by atoms with E-state index in [0.717, 1.165) is 0 Å². The third-order valence-corrected chi connectivity index (χ3v) is 2.25. The largest absolute Gasteiger partial charge is 0.481 e. The maximum Gasteiger partial charge on any atom is 0.316 e. The molecule has 0 heterocycles. The summed E-state index contributed by atoms with van der Waals surface area (Å²) < 4.78 is 0. The van der Waals surface area contributed by atoms with Gasteiger partial charge in [0.25, 0.3) is 5.91 Å². The predicted molar refractivity (Wildman–Crippen MR) is 68.8 cm³/mol. The number of carbonyl (C=O) groups is 3. The number of carboxylic acid groups (broad SMARTS) is 1. The van der Waals surface area contributed by atoms with Crippen LogP contribution in [0.3, 0.4) is 0 Å². The predicted octanol–water partition coefficient (Wildman–Crippen LogP) is 0.770. The van der Waals surface area contributed by atoms with Crippen molar-refractivity contribution >= 4 is 23.6 Å². The normalized spacial score (nSPS) is 11.4. The summed E-state index contributed by atoms with van der Waals surface area (Å²) in [5.74, 6) is -1.40. The zero-order chi connectivity index (χ0) is 14.4. The van der Waals surface area contributed by atoms with Crippen molar-refractivity contribution in [3.05, 3.63) is 29.8 Å². The highest BCUT2D eigenvalue weighted by Gasteiger charge is 2.12. The molecular weight excluding hydrogens is 250 g/mol. The van der Waals surface area contributed by atoms with Gasteiger partial charge in [0.1, 0.15) is 0 Å². The lowest BCUT2D eigenvalue weighted by atomic mass is 10.1. The number of carboxylic acids is 1. The first-order valence-corrected chi connectivity index (χ1v) is 5.57.